The Hall–Kier alpha value is -1.52. The van der Waals surface area contributed by atoms with Crippen molar-refractivity contribution in [1.82, 2.24) is 0 Å². The zero-order valence-corrected chi connectivity index (χ0v) is 13.9. The minimum absolute atomic E-state index is 0.512. The summed E-state index contributed by atoms with van der Waals surface area (Å²) in [4.78, 5) is 0. The second kappa shape index (κ2) is 7.48. The number of halogens is 1. The van der Waals surface area contributed by atoms with Crippen LogP contribution in [0.25, 0.3) is 0 Å². The summed E-state index contributed by atoms with van der Waals surface area (Å²) in [5.41, 5.74) is 9.11. The highest BCUT2D eigenvalue weighted by molar-refractivity contribution is 9.10. The van der Waals surface area contributed by atoms with Crippen molar-refractivity contribution in [2.45, 2.75) is 20.0 Å². The van der Waals surface area contributed by atoms with Crippen molar-refractivity contribution in [3.8, 4) is 11.5 Å². The van der Waals surface area contributed by atoms with Gasteiger partial charge in [0.2, 0.25) is 0 Å². The molecule has 0 fully saturated rings. The van der Waals surface area contributed by atoms with E-state index in [1.54, 1.807) is 7.11 Å². The van der Waals surface area contributed by atoms with Gasteiger partial charge in [0.25, 0.3) is 0 Å². The third-order valence-electron chi connectivity index (χ3n) is 3.36. The molecule has 0 amide bonds. The number of benzene rings is 2. The second-order valence-corrected chi connectivity index (χ2v) is 5.72. The quantitative estimate of drug-likeness (QED) is 0.861. The molecule has 0 heterocycles. The van der Waals surface area contributed by atoms with Gasteiger partial charge in [-0.25, -0.2) is 0 Å². The number of nitrogens with two attached hydrogens (primary N) is 1. The molecule has 4 heteroatoms. The molecule has 2 aromatic carbocycles. The fourth-order valence-electron chi connectivity index (χ4n) is 2.15. The van der Waals surface area contributed by atoms with Crippen molar-refractivity contribution in [1.29, 1.82) is 0 Å². The van der Waals surface area contributed by atoms with Crippen LogP contribution in [0, 0.1) is 6.92 Å². The zero-order valence-electron chi connectivity index (χ0n) is 12.4. The first-order valence-electron chi connectivity index (χ1n) is 6.89. The first kappa shape index (κ1) is 15.9. The summed E-state index contributed by atoms with van der Waals surface area (Å²) in [6, 6.07) is 12.2. The molecule has 0 saturated heterocycles. The molecule has 0 aliphatic carbocycles. The fraction of sp³-hybridized carbons (Fsp3) is 0.294. The lowest BCUT2D eigenvalue weighted by Gasteiger charge is -2.15. The molecule has 0 aliphatic heterocycles. The minimum Gasteiger partial charge on any atom is -0.493 e. The number of methoxy groups -OCH3 is 1. The van der Waals surface area contributed by atoms with E-state index < -0.39 is 0 Å². The van der Waals surface area contributed by atoms with E-state index in [9.17, 15) is 0 Å². The highest BCUT2D eigenvalue weighted by atomic mass is 79.9. The molecule has 3 nitrogen and oxygen atoms in total. The number of hydrogen-bond donors (Lipinski definition) is 1. The largest absolute Gasteiger partial charge is 0.493 e. The van der Waals surface area contributed by atoms with Crippen LogP contribution >= 0.6 is 15.9 Å². The van der Waals surface area contributed by atoms with E-state index >= 15 is 0 Å². The Morgan fingerprint density at radius 2 is 1.95 bits per heavy atom. The van der Waals surface area contributed by atoms with Gasteiger partial charge < -0.3 is 15.2 Å². The van der Waals surface area contributed by atoms with E-state index in [1.165, 1.54) is 5.56 Å². The Morgan fingerprint density at radius 3 is 2.62 bits per heavy atom. The van der Waals surface area contributed by atoms with Gasteiger partial charge >= 0.3 is 0 Å². The summed E-state index contributed by atoms with van der Waals surface area (Å²) in [5.74, 6) is 1.45. The van der Waals surface area contributed by atoms with Crippen molar-refractivity contribution < 1.29 is 9.47 Å². The summed E-state index contributed by atoms with van der Waals surface area (Å²) < 4.78 is 12.3. The molecule has 2 rings (SSSR count). The molecule has 0 radical (unpaired) electrons. The minimum atomic E-state index is 0.512. The second-order valence-electron chi connectivity index (χ2n) is 4.86. The van der Waals surface area contributed by atoms with Crippen LogP contribution < -0.4 is 15.2 Å². The van der Waals surface area contributed by atoms with E-state index in [-0.39, 0.29) is 0 Å². The lowest BCUT2D eigenvalue weighted by atomic mass is 10.1. The average molecular weight is 350 g/mol. The molecule has 112 valence electrons. The van der Waals surface area contributed by atoms with Crippen LogP contribution in [0.5, 0.6) is 11.5 Å². The predicted molar refractivity (Wildman–Crippen MR) is 89.0 cm³/mol. The van der Waals surface area contributed by atoms with Crippen molar-refractivity contribution >= 4 is 15.9 Å². The highest BCUT2D eigenvalue weighted by Gasteiger charge is 2.12. The molecule has 2 N–H and O–H groups in total. The third kappa shape index (κ3) is 3.99. The van der Waals surface area contributed by atoms with Crippen LogP contribution in [0.1, 0.15) is 16.7 Å². The average Bonchev–Trinajstić information content (AvgIpc) is 2.47. The highest BCUT2D eigenvalue weighted by Crippen LogP contribution is 2.37. The zero-order chi connectivity index (χ0) is 15.2. The number of hydrogen-bond acceptors (Lipinski definition) is 3. The normalized spacial score (nSPS) is 10.5. The molecule has 0 bridgehead atoms. The van der Waals surface area contributed by atoms with Gasteiger partial charge in [-0.1, -0.05) is 24.3 Å². The lowest BCUT2D eigenvalue weighted by Crippen LogP contribution is -2.04. The van der Waals surface area contributed by atoms with Crippen molar-refractivity contribution in [3.05, 3.63) is 57.6 Å². The topological polar surface area (TPSA) is 44.5 Å². The summed E-state index contributed by atoms with van der Waals surface area (Å²) in [5, 5.41) is 0. The van der Waals surface area contributed by atoms with Gasteiger partial charge in [0.05, 0.1) is 11.6 Å². The molecular formula is C17H20BrNO2. The van der Waals surface area contributed by atoms with Crippen molar-refractivity contribution in [3.63, 3.8) is 0 Å². The van der Waals surface area contributed by atoms with Crippen LogP contribution in [-0.2, 0) is 13.0 Å². The van der Waals surface area contributed by atoms with Crippen molar-refractivity contribution in [2.75, 3.05) is 13.7 Å². The maximum Gasteiger partial charge on any atom is 0.175 e. The number of ether oxygens (including phenoxy) is 2. The molecule has 0 spiro atoms. The summed E-state index contributed by atoms with van der Waals surface area (Å²) >= 11 is 3.56. The van der Waals surface area contributed by atoms with Crippen LogP contribution in [0.2, 0.25) is 0 Å². The van der Waals surface area contributed by atoms with Gasteiger partial charge in [-0.2, -0.15) is 0 Å². The Labute approximate surface area is 134 Å². The third-order valence-corrected chi connectivity index (χ3v) is 3.94. The smallest absolute Gasteiger partial charge is 0.175 e. The molecule has 21 heavy (non-hydrogen) atoms. The first-order valence-corrected chi connectivity index (χ1v) is 7.68. The summed E-state index contributed by atoms with van der Waals surface area (Å²) in [7, 11) is 1.65. The summed E-state index contributed by atoms with van der Waals surface area (Å²) in [6.45, 7) is 3.20. The van der Waals surface area contributed by atoms with E-state index in [0.717, 1.165) is 33.5 Å². The van der Waals surface area contributed by atoms with E-state index in [2.05, 4.69) is 35.0 Å². The maximum atomic E-state index is 5.96. The standard InChI is InChI=1S/C17H20BrNO2/c1-12-5-3-4-6-14(12)11-21-17-15(18)9-13(7-8-19)10-16(17)20-2/h3-6,9-10H,7-8,11,19H2,1-2H3. The fourth-order valence-corrected chi connectivity index (χ4v) is 2.75. The van der Waals surface area contributed by atoms with E-state index in [1.807, 2.05) is 24.3 Å². The van der Waals surface area contributed by atoms with E-state index in [0.29, 0.717) is 13.2 Å². The van der Waals surface area contributed by atoms with Gasteiger partial charge in [0.1, 0.15) is 6.61 Å². The molecule has 0 saturated carbocycles. The number of aryl methyl sites for hydroxylation is 1. The Kier molecular flexibility index (Phi) is 5.65. The molecule has 2 aromatic rings. The monoisotopic (exact) mass is 349 g/mol. The Balaban J connectivity index is 2.21. The molecule has 0 unspecified atom stereocenters. The Morgan fingerprint density at radius 1 is 1.19 bits per heavy atom. The molecular weight excluding hydrogens is 330 g/mol. The van der Waals surface area contributed by atoms with Gasteiger partial charge in [0, 0.05) is 0 Å². The van der Waals surface area contributed by atoms with E-state index in [4.69, 9.17) is 15.2 Å². The van der Waals surface area contributed by atoms with Gasteiger partial charge in [-0.05, 0) is 64.6 Å². The van der Waals surface area contributed by atoms with Crippen LogP contribution in [0.3, 0.4) is 0 Å². The number of rotatable bonds is 6. The van der Waals surface area contributed by atoms with Crippen LogP contribution in [-0.4, -0.2) is 13.7 Å². The SMILES string of the molecule is COc1cc(CCN)cc(Br)c1OCc1ccccc1C. The van der Waals surface area contributed by atoms with Crippen molar-refractivity contribution in [2.24, 2.45) is 5.73 Å². The molecule has 0 atom stereocenters. The predicted octanol–water partition coefficient (Wildman–Crippen LogP) is 3.85. The molecule has 0 aromatic heterocycles. The lowest BCUT2D eigenvalue weighted by molar-refractivity contribution is 0.282. The summed E-state index contributed by atoms with van der Waals surface area (Å²) in [6.07, 6.45) is 0.813. The van der Waals surface area contributed by atoms with Gasteiger partial charge in [-0.15, -0.1) is 0 Å². The Bertz CT molecular complexity index is 614. The van der Waals surface area contributed by atoms with Crippen LogP contribution in [0.15, 0.2) is 40.9 Å². The molecule has 0 aliphatic rings. The maximum absolute atomic E-state index is 5.96. The van der Waals surface area contributed by atoms with Gasteiger partial charge in [0.15, 0.2) is 11.5 Å². The van der Waals surface area contributed by atoms with Gasteiger partial charge in [-0.3, -0.25) is 0 Å². The first-order chi connectivity index (χ1) is 10.2. The van der Waals surface area contributed by atoms with Crippen LogP contribution in [0.4, 0.5) is 0 Å².